The molecule has 3 N–H and O–H groups in total. The molecule has 6 nitrogen and oxygen atoms in total. The van der Waals surface area contributed by atoms with Crippen LogP contribution in [0.5, 0.6) is 23.0 Å². The van der Waals surface area contributed by atoms with Crippen molar-refractivity contribution < 1.29 is 24.1 Å². The number of hydrogen-bond donors (Lipinski definition) is 2. The van der Waals surface area contributed by atoms with E-state index < -0.39 is 5.78 Å². The first-order valence-electron chi connectivity index (χ1n) is 4.85. The molecule has 1 rings (SSSR count). The van der Waals surface area contributed by atoms with Gasteiger partial charge in [-0.05, 0) is 0 Å². The molecular weight excluding hydrogens is 226 g/mol. The molecule has 0 fully saturated rings. The molecule has 0 aliphatic heterocycles. The Kier molecular flexibility index (Phi) is 4.17. The summed E-state index contributed by atoms with van der Waals surface area (Å²) in [5.41, 5.74) is 5.26. The number of phenolic OH excluding ortho intramolecular Hbond substituents is 1. The van der Waals surface area contributed by atoms with E-state index >= 15 is 0 Å². The Morgan fingerprint density at radius 1 is 1.24 bits per heavy atom. The van der Waals surface area contributed by atoms with Crippen LogP contribution in [0.4, 0.5) is 0 Å². The highest BCUT2D eigenvalue weighted by Crippen LogP contribution is 2.44. The van der Waals surface area contributed by atoms with Crippen LogP contribution in [0, 0.1) is 0 Å². The minimum atomic E-state index is -0.444. The van der Waals surface area contributed by atoms with E-state index in [2.05, 4.69) is 0 Å². The number of phenols is 1. The first-order valence-corrected chi connectivity index (χ1v) is 4.85. The van der Waals surface area contributed by atoms with Crippen molar-refractivity contribution in [1.82, 2.24) is 0 Å². The van der Waals surface area contributed by atoms with Crippen LogP contribution in [0.1, 0.15) is 10.4 Å². The number of methoxy groups -OCH3 is 3. The Bertz CT molecular complexity index is 430. The highest BCUT2D eigenvalue weighted by Gasteiger charge is 2.23. The molecule has 0 unspecified atom stereocenters. The van der Waals surface area contributed by atoms with Gasteiger partial charge in [0, 0.05) is 6.07 Å². The summed E-state index contributed by atoms with van der Waals surface area (Å²) in [5, 5.41) is 9.95. The summed E-state index contributed by atoms with van der Waals surface area (Å²) in [7, 11) is 4.16. The summed E-state index contributed by atoms with van der Waals surface area (Å²) >= 11 is 0. The van der Waals surface area contributed by atoms with Crippen LogP contribution in [0.2, 0.25) is 0 Å². The minimum absolute atomic E-state index is 0.00681. The molecular formula is C11H15NO5. The standard InChI is InChI=1S/C11H15NO5/c1-15-7-4-8(16-2)11(17-3)10(14)9(7)6(13)5-12/h4,14H,5,12H2,1-3H3. The van der Waals surface area contributed by atoms with Crippen molar-refractivity contribution in [3.63, 3.8) is 0 Å². The van der Waals surface area contributed by atoms with E-state index in [1.165, 1.54) is 27.4 Å². The van der Waals surface area contributed by atoms with Crippen LogP contribution in [0.3, 0.4) is 0 Å². The van der Waals surface area contributed by atoms with Crippen LogP contribution in [-0.2, 0) is 0 Å². The second-order valence-electron chi connectivity index (χ2n) is 3.17. The molecule has 0 atom stereocenters. The monoisotopic (exact) mass is 241 g/mol. The minimum Gasteiger partial charge on any atom is -0.504 e. The van der Waals surface area contributed by atoms with Crippen molar-refractivity contribution in [1.29, 1.82) is 0 Å². The van der Waals surface area contributed by atoms with Gasteiger partial charge in [-0.2, -0.15) is 0 Å². The predicted octanol–water partition coefficient (Wildman–Crippen LogP) is 0.559. The molecule has 0 heterocycles. The topological polar surface area (TPSA) is 91.0 Å². The lowest BCUT2D eigenvalue weighted by atomic mass is 10.1. The van der Waals surface area contributed by atoms with Gasteiger partial charge in [-0.25, -0.2) is 0 Å². The van der Waals surface area contributed by atoms with E-state index in [1.807, 2.05) is 0 Å². The molecule has 94 valence electrons. The molecule has 0 radical (unpaired) electrons. The smallest absolute Gasteiger partial charge is 0.204 e. The predicted molar refractivity (Wildman–Crippen MR) is 61.1 cm³/mol. The van der Waals surface area contributed by atoms with Gasteiger partial charge in [0.2, 0.25) is 5.75 Å². The van der Waals surface area contributed by atoms with Gasteiger partial charge >= 0.3 is 0 Å². The number of aromatic hydroxyl groups is 1. The maximum absolute atomic E-state index is 11.6. The number of carbonyl (C=O) groups is 1. The summed E-state index contributed by atoms with van der Waals surface area (Å²) in [6.07, 6.45) is 0. The van der Waals surface area contributed by atoms with E-state index in [9.17, 15) is 9.90 Å². The van der Waals surface area contributed by atoms with Crippen LogP contribution < -0.4 is 19.9 Å². The fourth-order valence-corrected chi connectivity index (χ4v) is 1.49. The van der Waals surface area contributed by atoms with Gasteiger partial charge in [-0.3, -0.25) is 4.79 Å². The van der Waals surface area contributed by atoms with Crippen molar-refractivity contribution in [3.05, 3.63) is 11.6 Å². The first kappa shape index (κ1) is 13.1. The van der Waals surface area contributed by atoms with Crippen molar-refractivity contribution in [3.8, 4) is 23.0 Å². The molecule has 0 aliphatic rings. The lowest BCUT2D eigenvalue weighted by Gasteiger charge is -2.15. The lowest BCUT2D eigenvalue weighted by Crippen LogP contribution is -2.15. The quantitative estimate of drug-likeness (QED) is 0.732. The number of benzene rings is 1. The van der Waals surface area contributed by atoms with Gasteiger partial charge in [0.1, 0.15) is 11.3 Å². The number of ketones is 1. The zero-order valence-electron chi connectivity index (χ0n) is 9.94. The molecule has 6 heteroatoms. The molecule has 1 aromatic rings. The summed E-state index contributed by atoms with van der Waals surface area (Å²) in [6, 6.07) is 1.46. The zero-order chi connectivity index (χ0) is 13.0. The number of nitrogens with two attached hydrogens (primary N) is 1. The third-order valence-corrected chi connectivity index (χ3v) is 2.29. The summed E-state index contributed by atoms with van der Waals surface area (Å²) < 4.78 is 15.0. The molecule has 0 amide bonds. The third-order valence-electron chi connectivity index (χ3n) is 2.29. The summed E-state index contributed by atoms with van der Waals surface area (Å²) in [4.78, 5) is 11.6. The molecule has 0 spiro atoms. The van der Waals surface area contributed by atoms with Crippen LogP contribution in [0.15, 0.2) is 6.07 Å². The van der Waals surface area contributed by atoms with E-state index in [0.29, 0.717) is 0 Å². The van der Waals surface area contributed by atoms with Crippen molar-refractivity contribution in [2.45, 2.75) is 0 Å². The van der Waals surface area contributed by atoms with Gasteiger partial charge in [0.25, 0.3) is 0 Å². The Hall–Kier alpha value is -1.95. The molecule has 0 saturated carbocycles. The molecule has 0 aromatic heterocycles. The SMILES string of the molecule is COc1cc(OC)c(C(=O)CN)c(O)c1OC. The second-order valence-corrected chi connectivity index (χ2v) is 3.17. The number of ether oxygens (including phenoxy) is 3. The Labute approximate surface area is 98.9 Å². The molecule has 0 aliphatic carbocycles. The summed E-state index contributed by atoms with van der Waals surface area (Å²) in [6.45, 7) is -0.237. The molecule has 0 bridgehead atoms. The molecule has 1 aromatic carbocycles. The van der Waals surface area contributed by atoms with Gasteiger partial charge in [0.05, 0.1) is 27.9 Å². The Morgan fingerprint density at radius 2 is 1.82 bits per heavy atom. The van der Waals surface area contributed by atoms with E-state index in [-0.39, 0.29) is 35.1 Å². The van der Waals surface area contributed by atoms with E-state index in [4.69, 9.17) is 19.9 Å². The fourth-order valence-electron chi connectivity index (χ4n) is 1.49. The maximum Gasteiger partial charge on any atom is 0.204 e. The van der Waals surface area contributed by atoms with Crippen molar-refractivity contribution >= 4 is 5.78 Å². The van der Waals surface area contributed by atoms with Crippen molar-refractivity contribution in [2.75, 3.05) is 27.9 Å². The lowest BCUT2D eigenvalue weighted by molar-refractivity contribution is 0.0995. The van der Waals surface area contributed by atoms with Gasteiger partial charge in [-0.15, -0.1) is 0 Å². The number of Topliss-reactive ketones (excluding diaryl/α,β-unsaturated/α-hetero) is 1. The number of rotatable bonds is 5. The summed E-state index contributed by atoms with van der Waals surface area (Å²) in [5.74, 6) is -0.240. The normalized spacial score (nSPS) is 9.88. The fraction of sp³-hybridized carbons (Fsp3) is 0.364. The van der Waals surface area contributed by atoms with Crippen LogP contribution >= 0.6 is 0 Å². The largest absolute Gasteiger partial charge is 0.504 e. The van der Waals surface area contributed by atoms with Crippen LogP contribution in [0.25, 0.3) is 0 Å². The second kappa shape index (κ2) is 5.40. The highest BCUT2D eigenvalue weighted by molar-refractivity contribution is 6.03. The third kappa shape index (κ3) is 2.26. The van der Waals surface area contributed by atoms with Crippen LogP contribution in [-0.4, -0.2) is 38.8 Å². The molecule has 17 heavy (non-hydrogen) atoms. The first-order chi connectivity index (χ1) is 8.10. The van der Waals surface area contributed by atoms with Crippen molar-refractivity contribution in [2.24, 2.45) is 5.73 Å². The Morgan fingerprint density at radius 3 is 2.24 bits per heavy atom. The molecule has 0 saturated heterocycles. The Balaban J connectivity index is 3.52. The maximum atomic E-state index is 11.6. The zero-order valence-corrected chi connectivity index (χ0v) is 9.94. The van der Waals surface area contributed by atoms with E-state index in [1.54, 1.807) is 0 Å². The number of carbonyl (C=O) groups excluding carboxylic acids is 1. The average Bonchev–Trinajstić information content (AvgIpc) is 2.36. The van der Waals surface area contributed by atoms with Gasteiger partial charge in [0.15, 0.2) is 17.3 Å². The van der Waals surface area contributed by atoms with Gasteiger partial charge in [-0.1, -0.05) is 0 Å². The number of hydrogen-bond acceptors (Lipinski definition) is 6. The van der Waals surface area contributed by atoms with Gasteiger partial charge < -0.3 is 25.1 Å². The highest BCUT2D eigenvalue weighted by atomic mass is 16.5. The van der Waals surface area contributed by atoms with E-state index in [0.717, 1.165) is 0 Å². The average molecular weight is 241 g/mol.